The van der Waals surface area contributed by atoms with Gasteiger partial charge in [0.1, 0.15) is 23.1 Å². The zero-order valence-electron chi connectivity index (χ0n) is 20.4. The average Bonchev–Trinajstić information content (AvgIpc) is 3.49. The minimum absolute atomic E-state index is 0.00508. The first-order valence-electron chi connectivity index (χ1n) is 12.6. The second-order valence-corrected chi connectivity index (χ2v) is 10.5. The number of carboxylic acid groups (broad SMARTS) is 1. The first-order valence-corrected chi connectivity index (χ1v) is 13.4. The van der Waals surface area contributed by atoms with Crippen LogP contribution in [-0.4, -0.2) is 40.4 Å². The fraction of sp³-hybridized carbons (Fsp3) is 0.321. The van der Waals surface area contributed by atoms with Crippen molar-refractivity contribution >= 4 is 22.4 Å². The maximum absolute atomic E-state index is 14.5. The van der Waals surface area contributed by atoms with Gasteiger partial charge in [-0.1, -0.05) is 23.4 Å². The summed E-state index contributed by atoms with van der Waals surface area (Å²) >= 11 is 1.55. The van der Waals surface area contributed by atoms with Gasteiger partial charge >= 0.3 is 5.97 Å². The number of hydrogen-bond donors (Lipinski definition) is 1. The number of rotatable bonds is 8. The summed E-state index contributed by atoms with van der Waals surface area (Å²) in [7, 11) is 0. The number of aromatic carboxylic acids is 1. The number of carbonyl (C=O) groups is 1. The molecule has 2 aliphatic rings. The van der Waals surface area contributed by atoms with Crippen LogP contribution < -0.4 is 4.90 Å². The van der Waals surface area contributed by atoms with Crippen molar-refractivity contribution in [3.05, 3.63) is 76.4 Å². The van der Waals surface area contributed by atoms with Crippen molar-refractivity contribution in [1.82, 2.24) is 10.1 Å². The maximum atomic E-state index is 14.5. The highest BCUT2D eigenvalue weighted by atomic mass is 32.1. The molecule has 0 radical (unpaired) electrons. The largest absolute Gasteiger partial charge is 0.478 e. The van der Waals surface area contributed by atoms with Crippen LogP contribution in [-0.2, 0) is 11.3 Å². The molecule has 1 aliphatic heterocycles. The molecule has 2 aromatic heterocycles. The highest BCUT2D eigenvalue weighted by molar-refractivity contribution is 7.14. The quantitative estimate of drug-likeness (QED) is 0.274. The second-order valence-electron chi connectivity index (χ2n) is 9.64. The van der Waals surface area contributed by atoms with E-state index in [2.05, 4.69) is 10.1 Å². The molecule has 2 aromatic carbocycles. The first-order chi connectivity index (χ1) is 18.5. The lowest BCUT2D eigenvalue weighted by atomic mass is 10.0. The number of anilines is 1. The number of carboxylic acids is 1. The number of halogens is 2. The normalized spacial score (nSPS) is 16.2. The maximum Gasteiger partial charge on any atom is 0.335 e. The molecule has 7 nitrogen and oxygen atoms in total. The van der Waals surface area contributed by atoms with Crippen LogP contribution in [0.25, 0.3) is 22.5 Å². The Hall–Kier alpha value is -3.63. The third kappa shape index (κ3) is 4.93. The molecule has 0 bridgehead atoms. The van der Waals surface area contributed by atoms with Crippen molar-refractivity contribution in [1.29, 1.82) is 0 Å². The number of aromatic nitrogens is 2. The monoisotopic (exact) mass is 537 g/mol. The lowest BCUT2D eigenvalue weighted by molar-refractivity contribution is 0.0246. The summed E-state index contributed by atoms with van der Waals surface area (Å²) in [5, 5.41) is 16.0. The number of benzene rings is 2. The fourth-order valence-corrected chi connectivity index (χ4v) is 5.68. The van der Waals surface area contributed by atoms with Gasteiger partial charge in [-0.05, 0) is 49.9 Å². The Morgan fingerprint density at radius 2 is 1.79 bits per heavy atom. The highest BCUT2D eigenvalue weighted by Crippen LogP contribution is 2.45. The average molecular weight is 538 g/mol. The van der Waals surface area contributed by atoms with E-state index in [0.29, 0.717) is 11.3 Å². The summed E-state index contributed by atoms with van der Waals surface area (Å²) in [5.41, 5.74) is 2.58. The Balaban J connectivity index is 1.10. The molecule has 1 saturated heterocycles. The summed E-state index contributed by atoms with van der Waals surface area (Å²) in [6, 6.07) is 10.5. The molecule has 0 amide bonds. The predicted molar refractivity (Wildman–Crippen MR) is 138 cm³/mol. The smallest absolute Gasteiger partial charge is 0.335 e. The molecule has 2 fully saturated rings. The van der Waals surface area contributed by atoms with Crippen LogP contribution in [0, 0.1) is 11.6 Å². The molecule has 196 valence electrons. The van der Waals surface area contributed by atoms with Gasteiger partial charge in [-0.2, -0.15) is 0 Å². The fourth-order valence-electron chi connectivity index (χ4n) is 4.79. The van der Waals surface area contributed by atoms with E-state index in [1.807, 2.05) is 5.38 Å². The Bertz CT molecular complexity index is 1440. The highest BCUT2D eigenvalue weighted by Gasteiger charge is 2.34. The minimum atomic E-state index is -0.955. The topological polar surface area (TPSA) is 88.7 Å². The van der Waals surface area contributed by atoms with Gasteiger partial charge in [-0.15, -0.1) is 11.3 Å². The number of thiazole rings is 1. The van der Waals surface area contributed by atoms with Crippen LogP contribution in [0.1, 0.15) is 53.3 Å². The standard InChI is InChI=1S/C28H25F2N3O4S/c29-21-2-1-3-22(30)24(21)25-20(26(37-32-25)17-6-7-17)14-36-19-10-12-33(13-11-19)28-31-23(15-38-28)16-4-8-18(9-5-16)27(34)35/h1-5,8-9,15,17,19H,6-7,10-14H2,(H,34,35). The molecule has 0 spiro atoms. The van der Waals surface area contributed by atoms with E-state index >= 15 is 0 Å². The molecule has 10 heteroatoms. The van der Waals surface area contributed by atoms with Crippen LogP contribution in [0.4, 0.5) is 13.9 Å². The van der Waals surface area contributed by atoms with Gasteiger partial charge in [0.15, 0.2) is 5.13 Å². The van der Waals surface area contributed by atoms with Crippen molar-refractivity contribution in [2.24, 2.45) is 0 Å². The molecule has 1 saturated carbocycles. The van der Waals surface area contributed by atoms with Crippen molar-refractivity contribution in [2.45, 2.75) is 44.3 Å². The summed E-state index contributed by atoms with van der Waals surface area (Å²) in [4.78, 5) is 18.1. The van der Waals surface area contributed by atoms with Crippen LogP contribution in [0.3, 0.4) is 0 Å². The van der Waals surface area contributed by atoms with Gasteiger partial charge in [0, 0.05) is 35.5 Å². The van der Waals surface area contributed by atoms with E-state index in [1.165, 1.54) is 18.2 Å². The summed E-state index contributed by atoms with van der Waals surface area (Å²) in [5.74, 6) is -1.39. The molecule has 6 rings (SSSR count). The van der Waals surface area contributed by atoms with Crippen molar-refractivity contribution in [3.63, 3.8) is 0 Å². The van der Waals surface area contributed by atoms with Crippen molar-refractivity contribution in [3.8, 4) is 22.5 Å². The summed E-state index contributed by atoms with van der Waals surface area (Å²) in [6.45, 7) is 1.73. The Kier molecular flexibility index (Phi) is 6.67. The van der Waals surface area contributed by atoms with Crippen LogP contribution in [0.5, 0.6) is 0 Å². The van der Waals surface area contributed by atoms with Gasteiger partial charge in [0.05, 0.1) is 29.5 Å². The molecule has 38 heavy (non-hydrogen) atoms. The number of ether oxygens (including phenoxy) is 1. The van der Waals surface area contributed by atoms with Gasteiger partial charge in [-0.25, -0.2) is 18.6 Å². The lowest BCUT2D eigenvalue weighted by Gasteiger charge is -2.31. The summed E-state index contributed by atoms with van der Waals surface area (Å²) < 4.78 is 40.8. The molecule has 1 N–H and O–H groups in total. The molecule has 0 unspecified atom stereocenters. The Morgan fingerprint density at radius 3 is 2.45 bits per heavy atom. The number of piperidine rings is 1. The van der Waals surface area contributed by atoms with E-state index in [-0.39, 0.29) is 35.4 Å². The molecular formula is C28H25F2N3O4S. The Morgan fingerprint density at radius 1 is 1.08 bits per heavy atom. The number of nitrogens with zero attached hydrogens (tertiary/aromatic N) is 3. The van der Waals surface area contributed by atoms with Gasteiger partial charge in [-0.3, -0.25) is 0 Å². The van der Waals surface area contributed by atoms with Crippen molar-refractivity contribution in [2.75, 3.05) is 18.0 Å². The molecule has 4 aromatic rings. The zero-order valence-corrected chi connectivity index (χ0v) is 21.2. The van der Waals surface area contributed by atoms with Gasteiger partial charge in [0.2, 0.25) is 0 Å². The molecule has 3 heterocycles. The van der Waals surface area contributed by atoms with Crippen LogP contribution in [0.15, 0.2) is 52.4 Å². The van der Waals surface area contributed by atoms with Crippen molar-refractivity contribution < 1.29 is 27.9 Å². The SMILES string of the molecule is O=C(O)c1ccc(-c2csc(N3CCC(OCc4c(-c5c(F)cccc5F)noc4C4CC4)CC3)n2)cc1. The zero-order chi connectivity index (χ0) is 26.2. The molecular weight excluding hydrogens is 512 g/mol. The molecule has 0 atom stereocenters. The van der Waals surface area contributed by atoms with Crippen LogP contribution in [0.2, 0.25) is 0 Å². The van der Waals surface area contributed by atoms with Gasteiger partial charge in [0.25, 0.3) is 0 Å². The van der Waals surface area contributed by atoms with Gasteiger partial charge < -0.3 is 19.3 Å². The van der Waals surface area contributed by atoms with Crippen LogP contribution >= 0.6 is 11.3 Å². The second kappa shape index (κ2) is 10.3. The number of hydrogen-bond acceptors (Lipinski definition) is 7. The first kappa shape index (κ1) is 24.7. The third-order valence-corrected chi connectivity index (χ3v) is 7.96. The molecule has 1 aliphatic carbocycles. The Labute approximate surface area is 221 Å². The third-order valence-electron chi connectivity index (χ3n) is 7.06. The predicted octanol–water partition coefficient (Wildman–Crippen LogP) is 6.50. The van der Waals surface area contributed by atoms with E-state index in [4.69, 9.17) is 19.4 Å². The lowest BCUT2D eigenvalue weighted by Crippen LogP contribution is -2.37. The van der Waals surface area contributed by atoms with E-state index in [1.54, 1.807) is 35.6 Å². The van der Waals surface area contributed by atoms with E-state index in [0.717, 1.165) is 55.2 Å². The minimum Gasteiger partial charge on any atom is -0.478 e. The van der Waals surface area contributed by atoms with E-state index < -0.39 is 17.6 Å². The summed E-state index contributed by atoms with van der Waals surface area (Å²) in [6.07, 6.45) is 3.51. The van der Waals surface area contributed by atoms with E-state index in [9.17, 15) is 13.6 Å².